The van der Waals surface area contributed by atoms with Gasteiger partial charge in [0.1, 0.15) is 0 Å². The Morgan fingerprint density at radius 2 is 2.21 bits per heavy atom. The molecular weight excluding hydrogens is 240 g/mol. The van der Waals surface area contributed by atoms with E-state index in [2.05, 4.69) is 17.2 Å². The third kappa shape index (κ3) is 3.45. The predicted octanol–water partition coefficient (Wildman–Crippen LogP) is 2.12. The van der Waals surface area contributed by atoms with Crippen LogP contribution in [0.2, 0.25) is 0 Å². The summed E-state index contributed by atoms with van der Waals surface area (Å²) in [6.07, 6.45) is 6.16. The zero-order valence-corrected chi connectivity index (χ0v) is 11.9. The maximum absolute atomic E-state index is 9.72. The second-order valence-corrected chi connectivity index (χ2v) is 5.65. The topological polar surface area (TPSA) is 54.4 Å². The molecule has 1 aliphatic rings. The fourth-order valence-electron chi connectivity index (χ4n) is 2.73. The second-order valence-electron chi connectivity index (χ2n) is 5.65. The van der Waals surface area contributed by atoms with Crippen LogP contribution in [0.4, 0.5) is 0 Å². The molecule has 1 aromatic rings. The van der Waals surface area contributed by atoms with Gasteiger partial charge < -0.3 is 15.2 Å². The standard InChI is InChI=1S/C15H24N2O2/c1-12-5-7-15(11-18,8-6-12)17-10-13-4-3-9-16-14(13)19-2/h3-4,9,12,17-18H,5-8,10-11H2,1-2H3. The number of aliphatic hydroxyl groups is 1. The fourth-order valence-corrected chi connectivity index (χ4v) is 2.73. The minimum atomic E-state index is -0.132. The first-order valence-corrected chi connectivity index (χ1v) is 7.03. The molecule has 4 nitrogen and oxygen atoms in total. The van der Waals surface area contributed by atoms with Crippen LogP contribution < -0.4 is 10.1 Å². The molecule has 0 atom stereocenters. The van der Waals surface area contributed by atoms with Crippen LogP contribution in [0.5, 0.6) is 5.88 Å². The van der Waals surface area contributed by atoms with Crippen LogP contribution in [0.25, 0.3) is 0 Å². The lowest BCUT2D eigenvalue weighted by Gasteiger charge is -2.39. The van der Waals surface area contributed by atoms with Gasteiger partial charge in [-0.2, -0.15) is 0 Å². The first-order chi connectivity index (χ1) is 9.19. The molecular formula is C15H24N2O2. The summed E-state index contributed by atoms with van der Waals surface area (Å²) in [6.45, 7) is 3.17. The smallest absolute Gasteiger partial charge is 0.217 e. The summed E-state index contributed by atoms with van der Waals surface area (Å²) < 4.78 is 5.26. The molecule has 1 heterocycles. The summed E-state index contributed by atoms with van der Waals surface area (Å²) in [6, 6.07) is 3.92. The quantitative estimate of drug-likeness (QED) is 0.855. The number of aliphatic hydroxyl groups excluding tert-OH is 1. The fraction of sp³-hybridized carbons (Fsp3) is 0.667. The summed E-state index contributed by atoms with van der Waals surface area (Å²) in [5, 5.41) is 13.2. The normalized spacial score (nSPS) is 27.2. The molecule has 0 amide bonds. The molecule has 0 saturated heterocycles. The Labute approximate surface area is 115 Å². The molecule has 4 heteroatoms. The number of hydrogen-bond acceptors (Lipinski definition) is 4. The molecule has 0 aromatic carbocycles. The third-order valence-electron chi connectivity index (χ3n) is 4.23. The molecule has 2 N–H and O–H groups in total. The van der Waals surface area contributed by atoms with Gasteiger partial charge in [0, 0.05) is 23.8 Å². The van der Waals surface area contributed by atoms with E-state index in [4.69, 9.17) is 4.74 Å². The van der Waals surface area contributed by atoms with E-state index in [0.717, 1.165) is 24.3 Å². The summed E-state index contributed by atoms with van der Waals surface area (Å²) >= 11 is 0. The molecule has 2 rings (SSSR count). The zero-order chi connectivity index (χ0) is 13.7. The molecule has 106 valence electrons. The molecule has 0 radical (unpaired) electrons. The monoisotopic (exact) mass is 264 g/mol. The molecule has 0 unspecified atom stereocenters. The van der Waals surface area contributed by atoms with Crippen LogP contribution in [0, 0.1) is 5.92 Å². The lowest BCUT2D eigenvalue weighted by Crippen LogP contribution is -2.50. The first-order valence-electron chi connectivity index (χ1n) is 7.03. The summed E-state index contributed by atoms with van der Waals surface area (Å²) in [4.78, 5) is 4.20. The molecule has 0 spiro atoms. The summed E-state index contributed by atoms with van der Waals surface area (Å²) in [7, 11) is 1.63. The van der Waals surface area contributed by atoms with E-state index in [1.807, 2.05) is 12.1 Å². The average Bonchev–Trinajstić information content (AvgIpc) is 2.47. The van der Waals surface area contributed by atoms with Gasteiger partial charge in [0.05, 0.1) is 13.7 Å². The average molecular weight is 264 g/mol. The molecule has 1 aromatic heterocycles. The van der Waals surface area contributed by atoms with E-state index in [-0.39, 0.29) is 12.1 Å². The summed E-state index contributed by atoms with van der Waals surface area (Å²) in [5.41, 5.74) is 0.907. The maximum atomic E-state index is 9.72. The van der Waals surface area contributed by atoms with Crippen LogP contribution >= 0.6 is 0 Å². The number of methoxy groups -OCH3 is 1. The van der Waals surface area contributed by atoms with Gasteiger partial charge in [-0.3, -0.25) is 0 Å². The molecule has 0 bridgehead atoms. The van der Waals surface area contributed by atoms with Crippen LogP contribution in [0.1, 0.15) is 38.2 Å². The van der Waals surface area contributed by atoms with E-state index >= 15 is 0 Å². The Kier molecular flexibility index (Phi) is 4.77. The highest BCUT2D eigenvalue weighted by atomic mass is 16.5. The van der Waals surface area contributed by atoms with E-state index in [0.29, 0.717) is 12.4 Å². The number of pyridine rings is 1. The van der Waals surface area contributed by atoms with Gasteiger partial charge in [-0.1, -0.05) is 13.0 Å². The van der Waals surface area contributed by atoms with Crippen LogP contribution in [0.15, 0.2) is 18.3 Å². The van der Waals surface area contributed by atoms with Crippen molar-refractivity contribution < 1.29 is 9.84 Å². The van der Waals surface area contributed by atoms with Gasteiger partial charge in [0.2, 0.25) is 5.88 Å². The molecule has 1 saturated carbocycles. The van der Waals surface area contributed by atoms with Gasteiger partial charge in [-0.25, -0.2) is 4.98 Å². The van der Waals surface area contributed by atoms with Gasteiger partial charge >= 0.3 is 0 Å². The maximum Gasteiger partial charge on any atom is 0.217 e. The first kappa shape index (κ1) is 14.3. The summed E-state index contributed by atoms with van der Waals surface area (Å²) in [5.74, 6) is 1.43. The van der Waals surface area contributed by atoms with Crippen molar-refractivity contribution in [1.82, 2.24) is 10.3 Å². The molecule has 1 fully saturated rings. The number of aromatic nitrogens is 1. The van der Waals surface area contributed by atoms with Crippen molar-refractivity contribution in [2.75, 3.05) is 13.7 Å². The third-order valence-corrected chi connectivity index (χ3v) is 4.23. The number of hydrogen-bond donors (Lipinski definition) is 2. The van der Waals surface area contributed by atoms with Gasteiger partial charge in [-0.15, -0.1) is 0 Å². The molecule has 1 aliphatic carbocycles. The van der Waals surface area contributed by atoms with E-state index in [1.54, 1.807) is 13.3 Å². The van der Waals surface area contributed by atoms with Crippen LogP contribution in [0.3, 0.4) is 0 Å². The Bertz CT molecular complexity index is 401. The lowest BCUT2D eigenvalue weighted by atomic mass is 9.77. The number of nitrogens with zero attached hydrogens (tertiary/aromatic N) is 1. The minimum Gasteiger partial charge on any atom is -0.481 e. The number of nitrogens with one attached hydrogen (secondary N) is 1. The zero-order valence-electron chi connectivity index (χ0n) is 11.9. The van der Waals surface area contributed by atoms with Crippen molar-refractivity contribution in [3.63, 3.8) is 0 Å². The Balaban J connectivity index is 2.00. The van der Waals surface area contributed by atoms with Crippen molar-refractivity contribution in [3.05, 3.63) is 23.9 Å². The largest absolute Gasteiger partial charge is 0.481 e. The van der Waals surface area contributed by atoms with Crippen molar-refractivity contribution in [2.24, 2.45) is 5.92 Å². The van der Waals surface area contributed by atoms with Crippen LogP contribution in [-0.4, -0.2) is 29.3 Å². The highest BCUT2D eigenvalue weighted by Gasteiger charge is 2.33. The molecule has 0 aliphatic heterocycles. The van der Waals surface area contributed by atoms with Crippen molar-refractivity contribution >= 4 is 0 Å². The number of ether oxygens (including phenoxy) is 1. The van der Waals surface area contributed by atoms with Gasteiger partial charge in [0.25, 0.3) is 0 Å². The Hall–Kier alpha value is -1.13. The van der Waals surface area contributed by atoms with Gasteiger partial charge in [0.15, 0.2) is 0 Å². The van der Waals surface area contributed by atoms with Crippen molar-refractivity contribution in [1.29, 1.82) is 0 Å². The van der Waals surface area contributed by atoms with Crippen molar-refractivity contribution in [3.8, 4) is 5.88 Å². The molecule has 19 heavy (non-hydrogen) atoms. The van der Waals surface area contributed by atoms with E-state index < -0.39 is 0 Å². The highest BCUT2D eigenvalue weighted by molar-refractivity contribution is 5.25. The van der Waals surface area contributed by atoms with Crippen LogP contribution in [-0.2, 0) is 6.54 Å². The Morgan fingerprint density at radius 1 is 1.47 bits per heavy atom. The number of rotatable bonds is 5. The highest BCUT2D eigenvalue weighted by Crippen LogP contribution is 2.32. The van der Waals surface area contributed by atoms with Crippen molar-refractivity contribution in [2.45, 2.75) is 44.7 Å². The van der Waals surface area contributed by atoms with Gasteiger partial charge in [-0.05, 0) is 37.7 Å². The minimum absolute atomic E-state index is 0.132. The lowest BCUT2D eigenvalue weighted by molar-refractivity contribution is 0.104. The van der Waals surface area contributed by atoms with E-state index in [1.165, 1.54) is 12.8 Å². The Morgan fingerprint density at radius 3 is 2.84 bits per heavy atom. The predicted molar refractivity (Wildman–Crippen MR) is 75.1 cm³/mol. The SMILES string of the molecule is COc1ncccc1CNC1(CO)CCC(C)CC1. The van der Waals surface area contributed by atoms with E-state index in [9.17, 15) is 5.11 Å². The second kappa shape index (κ2) is 6.35.